The van der Waals surface area contributed by atoms with Crippen molar-refractivity contribution < 1.29 is 40.7 Å². The number of hydrogen-bond acceptors (Lipinski definition) is 9. The maximum Gasteiger partial charge on any atom is 0.463 e. The molecule has 6 rings (SSSR count). The molecule has 124 heavy (non-hydrogen) atoms. The summed E-state index contributed by atoms with van der Waals surface area (Å²) in [7, 11) is -5.54. The molecule has 0 saturated carbocycles. The Morgan fingerprint density at radius 1 is 0.250 bits per heavy atom. The number of rotatable bonds is 71. The van der Waals surface area contributed by atoms with Gasteiger partial charge in [-0.1, -0.05) is 434 Å². The third-order valence-corrected chi connectivity index (χ3v) is 28.3. The van der Waals surface area contributed by atoms with Crippen molar-refractivity contribution in [2.75, 3.05) is 19.8 Å². The number of aryl methyl sites for hydroxylation is 6. The van der Waals surface area contributed by atoms with Gasteiger partial charge in [-0.05, 0) is 194 Å². The maximum absolute atomic E-state index is 7.43. The number of hydrogen-bond donors (Lipinski definition) is 0. The predicted molar refractivity (Wildman–Crippen MR) is 539 cm³/mol. The van der Waals surface area contributed by atoms with Crippen LogP contribution in [-0.2, 0) is 49.1 Å². The molecular formula is C112H181O9P3. The molecule has 6 aromatic carbocycles. The topological polar surface area (TPSA) is 83.1 Å². The molecule has 9 nitrogen and oxygen atoms in total. The first-order valence-electron chi connectivity index (χ1n) is 51.0. The number of unbranched alkanes of at least 4 members (excludes halogenated alkanes) is 39. The van der Waals surface area contributed by atoms with Gasteiger partial charge in [0.1, 0.15) is 34.5 Å². The Morgan fingerprint density at radius 3 is 0.710 bits per heavy atom. The summed E-state index contributed by atoms with van der Waals surface area (Å²) in [5.41, 5.74) is 13.5. The third kappa shape index (κ3) is 42.0. The van der Waals surface area contributed by atoms with Crippen molar-refractivity contribution >= 4 is 25.8 Å². The van der Waals surface area contributed by atoms with E-state index in [-0.39, 0.29) is 28.1 Å². The van der Waals surface area contributed by atoms with Gasteiger partial charge in [-0.25, -0.2) is 0 Å². The maximum atomic E-state index is 7.43. The zero-order valence-electron chi connectivity index (χ0n) is 82.8. The smallest absolute Gasteiger partial charge is 0.417 e. The summed E-state index contributed by atoms with van der Waals surface area (Å²) in [6, 6.07) is 40.4. The van der Waals surface area contributed by atoms with Gasteiger partial charge in [0.15, 0.2) is 0 Å². The van der Waals surface area contributed by atoms with Crippen LogP contribution in [0.4, 0.5) is 0 Å². The molecular weight excluding hydrogens is 1580 g/mol. The van der Waals surface area contributed by atoms with Gasteiger partial charge in [-0.3, -0.25) is 13.6 Å². The molecule has 6 aromatic rings. The van der Waals surface area contributed by atoms with E-state index in [1.165, 1.54) is 270 Å². The fraction of sp³-hybridized carbons (Fsp3) is 0.679. The van der Waals surface area contributed by atoms with Crippen LogP contribution in [0, 0.1) is 20.8 Å². The van der Waals surface area contributed by atoms with E-state index in [0.29, 0.717) is 19.8 Å². The lowest BCUT2D eigenvalue weighted by Crippen LogP contribution is -2.19. The second-order valence-electron chi connectivity index (χ2n) is 39.6. The van der Waals surface area contributed by atoms with Crippen molar-refractivity contribution in [3.05, 3.63) is 176 Å². The lowest BCUT2D eigenvalue weighted by Gasteiger charge is -2.33. The highest BCUT2D eigenvalue weighted by Gasteiger charge is 2.35. The van der Waals surface area contributed by atoms with Gasteiger partial charge < -0.3 is 27.1 Å². The first-order chi connectivity index (χ1) is 59.9. The average molecular weight is 1760 g/mol. The molecule has 0 bridgehead atoms. The zero-order valence-corrected chi connectivity index (χ0v) is 85.5. The summed E-state index contributed by atoms with van der Waals surface area (Å²) in [5.74, 6) is 5.06. The minimum atomic E-state index is -1.86. The highest BCUT2D eigenvalue weighted by atomic mass is 31.2. The van der Waals surface area contributed by atoms with E-state index in [9.17, 15) is 0 Å². The van der Waals surface area contributed by atoms with Gasteiger partial charge in [0.05, 0.1) is 19.8 Å². The summed E-state index contributed by atoms with van der Waals surface area (Å²) in [6.07, 6.45) is 59.5. The zero-order chi connectivity index (χ0) is 89.6. The highest BCUT2D eigenvalue weighted by molar-refractivity contribution is 7.43. The van der Waals surface area contributed by atoms with Crippen LogP contribution in [0.2, 0.25) is 0 Å². The van der Waals surface area contributed by atoms with Crippen molar-refractivity contribution in [3.8, 4) is 34.5 Å². The molecule has 698 valence electrons. The Balaban J connectivity index is 1.49. The molecule has 0 aliphatic rings. The van der Waals surface area contributed by atoms with Crippen molar-refractivity contribution in [2.45, 2.75) is 474 Å². The lowest BCUT2D eigenvalue weighted by molar-refractivity contribution is 0.255. The van der Waals surface area contributed by atoms with E-state index in [1.807, 2.05) is 0 Å². The summed E-state index contributed by atoms with van der Waals surface area (Å²) < 4.78 is 64.4. The Morgan fingerprint density at radius 2 is 0.460 bits per heavy atom. The average Bonchev–Trinajstić information content (AvgIpc) is 0.757. The fourth-order valence-corrected chi connectivity index (χ4v) is 20.5. The summed E-state index contributed by atoms with van der Waals surface area (Å²) in [6.45, 7) is 45.9. The molecule has 0 aromatic heterocycles. The molecule has 0 radical (unpaired) electrons. The van der Waals surface area contributed by atoms with E-state index in [4.69, 9.17) is 40.7 Å². The predicted octanol–water partition coefficient (Wildman–Crippen LogP) is 38.2. The Labute approximate surface area is 766 Å². The second kappa shape index (κ2) is 62.6. The van der Waals surface area contributed by atoms with E-state index in [0.717, 1.165) is 146 Å². The quantitative estimate of drug-likeness (QED) is 0.0274. The molecule has 0 aliphatic heterocycles. The standard InChI is InChI=1S/C112H181O9P3/c1-20-26-32-38-44-50-56-68-80-113-122(116-104-77-65-62-74-94(104)71-59-53-47-41-35-29-23-4)119-107-84-91(8)97(87-101(107)110(11,12)13)90(7)83-100(98-88-102(111(14,15)16)108(85-92(98)9)120-123(114-81-69-57-51-45-39-33-27-21-2)117-105-78-66-63-75-95(105)72-60-54-48-42-36-30-24-5)99-89-103(112(17,18)19)109(86-93(99)10)121-124(115-82-70-58-52-46-40-34-28-22-3)118-106-79-67-64-76-96(106)73-61-55-49-43-37-31-25-6/h62-67,74-79,84-90,100H,20-61,68-73,80-83H2,1-19H3. The molecule has 0 amide bonds. The van der Waals surface area contributed by atoms with Crippen molar-refractivity contribution in [1.29, 1.82) is 0 Å². The molecule has 0 heterocycles. The molecule has 4 unspecified atom stereocenters. The molecule has 0 fully saturated rings. The molecule has 0 aliphatic carbocycles. The van der Waals surface area contributed by atoms with Crippen LogP contribution in [0.15, 0.2) is 109 Å². The summed E-state index contributed by atoms with van der Waals surface area (Å²) in [5, 5.41) is 0. The Hall–Kier alpha value is -4.71. The second-order valence-corrected chi connectivity index (χ2v) is 42.8. The molecule has 0 N–H and O–H groups in total. The van der Waals surface area contributed by atoms with E-state index >= 15 is 0 Å². The molecule has 0 spiro atoms. The molecule has 4 atom stereocenters. The number of benzene rings is 6. The van der Waals surface area contributed by atoms with Crippen molar-refractivity contribution in [3.63, 3.8) is 0 Å². The van der Waals surface area contributed by atoms with Crippen molar-refractivity contribution in [1.82, 2.24) is 0 Å². The fourth-order valence-electron chi connectivity index (χ4n) is 17.3. The largest absolute Gasteiger partial charge is 0.463 e. The first-order valence-corrected chi connectivity index (χ1v) is 54.3. The van der Waals surface area contributed by atoms with Crippen molar-refractivity contribution in [2.24, 2.45) is 0 Å². The minimum absolute atomic E-state index is 0.0789. The van der Waals surface area contributed by atoms with Crippen LogP contribution in [0.25, 0.3) is 0 Å². The van der Waals surface area contributed by atoms with E-state index < -0.39 is 25.8 Å². The number of para-hydroxylation sites is 3. The van der Waals surface area contributed by atoms with Crippen LogP contribution in [0.3, 0.4) is 0 Å². The van der Waals surface area contributed by atoms with Gasteiger partial charge in [-0.15, -0.1) is 0 Å². The molecule has 12 heteroatoms. The molecule has 0 saturated heterocycles. The third-order valence-electron chi connectivity index (χ3n) is 25.1. The monoisotopic (exact) mass is 1760 g/mol. The SMILES string of the molecule is CCCCCCCCCCOP(Oc1ccccc1CCCCCCCCC)Oc1cc(C)c(C(C)CC(c2cc(C(C)(C)C)c(OP(OCCCCCCCCCC)Oc3ccccc3CCCCCCCCC)cc2C)c2cc(C(C)(C)C)c(OP(OCCCCCCCCCC)Oc3ccccc3CCCCCCCCC)cc2C)cc1C(C)(C)C. The normalized spacial score (nSPS) is 13.3. The van der Waals surface area contributed by atoms with Crippen LogP contribution in [0.1, 0.15) is 485 Å². The lowest BCUT2D eigenvalue weighted by atomic mass is 9.74. The Kier molecular flexibility index (Phi) is 54.5. The summed E-state index contributed by atoms with van der Waals surface area (Å²) in [4.78, 5) is 0. The highest BCUT2D eigenvalue weighted by Crippen LogP contribution is 2.54. The Bertz CT molecular complexity index is 3610. The first kappa shape index (κ1) is 108. The van der Waals surface area contributed by atoms with Gasteiger partial charge >= 0.3 is 25.8 Å². The van der Waals surface area contributed by atoms with Gasteiger partial charge in [0.25, 0.3) is 0 Å². The van der Waals surface area contributed by atoms with E-state index in [2.05, 4.69) is 241 Å². The summed E-state index contributed by atoms with van der Waals surface area (Å²) >= 11 is 0. The van der Waals surface area contributed by atoms with Gasteiger partial charge in [-0.2, -0.15) is 0 Å². The minimum Gasteiger partial charge on any atom is -0.417 e. The van der Waals surface area contributed by atoms with Gasteiger partial charge in [0.2, 0.25) is 0 Å². The van der Waals surface area contributed by atoms with Crippen LogP contribution < -0.4 is 27.1 Å². The van der Waals surface area contributed by atoms with Crippen LogP contribution in [-0.4, -0.2) is 19.8 Å². The van der Waals surface area contributed by atoms with Crippen LogP contribution >= 0.6 is 25.8 Å². The van der Waals surface area contributed by atoms with Crippen LogP contribution in [0.5, 0.6) is 34.5 Å². The van der Waals surface area contributed by atoms with Gasteiger partial charge in [0, 0.05) is 22.6 Å². The van der Waals surface area contributed by atoms with E-state index in [1.54, 1.807) is 0 Å².